The van der Waals surface area contributed by atoms with Crippen molar-refractivity contribution in [3.8, 4) is 16.9 Å². The van der Waals surface area contributed by atoms with E-state index in [0.717, 1.165) is 80.7 Å². The highest BCUT2D eigenvalue weighted by Crippen LogP contribution is 2.29. The molecule has 59 heavy (non-hydrogen) atoms. The molecule has 1 fully saturated rings. The average molecular weight is 835 g/mol. The number of carbonyl (C=O) groups is 1. The Bertz CT molecular complexity index is 2210. The number of hydrogen-bond acceptors (Lipinski definition) is 10. The van der Waals surface area contributed by atoms with Gasteiger partial charge in [0.15, 0.2) is 0 Å². The molecular formula is C47H58N6O4S2. The van der Waals surface area contributed by atoms with Crippen LogP contribution in [0.2, 0.25) is 0 Å². The number of likely N-dealkylation sites (N-methyl/N-ethyl adjacent to an activating group) is 1. The van der Waals surface area contributed by atoms with Crippen molar-refractivity contribution in [2.45, 2.75) is 35.7 Å². The maximum absolute atomic E-state index is 13.4. The zero-order valence-electron chi connectivity index (χ0n) is 34.9. The standard InChI is InChI=1S/C47H58N6O4S2/c1-36-33-44(23-24-46(36)48-40(25-26-50(2)3)35-58-43-12-7-6-8-13-43)59(55,56)49-47(54)38-15-19-41(20-16-38)53-29-27-52(28-30-53)34-39-11-9-10-14-45(39)37-17-21-42(22-18-37)57-32-31-51(4)5/h6-24,33,40,48H,25-32,34-35H2,1-5H3,(H,49,54)/t40-/m1/s1. The van der Waals surface area contributed by atoms with E-state index in [0.29, 0.717) is 6.61 Å². The molecule has 0 aromatic heterocycles. The van der Waals surface area contributed by atoms with Crippen LogP contribution in [0.15, 0.2) is 131 Å². The van der Waals surface area contributed by atoms with Crippen molar-refractivity contribution >= 4 is 39.1 Å². The van der Waals surface area contributed by atoms with Crippen LogP contribution in [0.5, 0.6) is 5.75 Å². The van der Waals surface area contributed by atoms with Crippen molar-refractivity contribution < 1.29 is 17.9 Å². The molecule has 5 aromatic rings. The Kier molecular flexibility index (Phi) is 15.5. The topological polar surface area (TPSA) is 97.5 Å². The fraction of sp³-hybridized carbons (Fsp3) is 0.340. The third kappa shape index (κ3) is 12.8. The molecule has 12 heteroatoms. The Morgan fingerprint density at radius 2 is 1.47 bits per heavy atom. The molecule has 0 radical (unpaired) electrons. The third-order valence-electron chi connectivity index (χ3n) is 10.5. The van der Waals surface area contributed by atoms with Crippen LogP contribution < -0.4 is 19.7 Å². The number of hydrogen-bond donors (Lipinski definition) is 2. The first-order valence-corrected chi connectivity index (χ1v) is 22.7. The van der Waals surface area contributed by atoms with Crippen LogP contribution in [0.4, 0.5) is 11.4 Å². The van der Waals surface area contributed by atoms with E-state index in [2.05, 4.69) is 92.3 Å². The van der Waals surface area contributed by atoms with Gasteiger partial charge in [-0.3, -0.25) is 9.69 Å². The first-order valence-electron chi connectivity index (χ1n) is 20.2. The van der Waals surface area contributed by atoms with Gasteiger partial charge in [-0.05, 0) is 137 Å². The highest BCUT2D eigenvalue weighted by molar-refractivity contribution is 7.99. The van der Waals surface area contributed by atoms with Gasteiger partial charge in [-0.2, -0.15) is 0 Å². The number of anilines is 2. The Hall–Kier alpha value is -4.85. The molecule has 2 N–H and O–H groups in total. The van der Waals surface area contributed by atoms with Gasteiger partial charge in [-0.15, -0.1) is 11.8 Å². The van der Waals surface area contributed by atoms with E-state index in [-0.39, 0.29) is 16.5 Å². The quantitative estimate of drug-likeness (QED) is 0.0812. The first-order chi connectivity index (χ1) is 28.4. The lowest BCUT2D eigenvalue weighted by Crippen LogP contribution is -2.46. The number of aryl methyl sites for hydroxylation is 1. The molecule has 0 spiro atoms. The van der Waals surface area contributed by atoms with Crippen LogP contribution in [-0.2, 0) is 16.6 Å². The molecule has 1 aliphatic rings. The van der Waals surface area contributed by atoms with Crippen molar-refractivity contribution in [3.05, 3.63) is 138 Å². The van der Waals surface area contributed by atoms with E-state index in [1.165, 1.54) is 21.6 Å². The summed E-state index contributed by atoms with van der Waals surface area (Å²) in [6.07, 6.45) is 0.928. The molecule has 0 saturated carbocycles. The van der Waals surface area contributed by atoms with Crippen molar-refractivity contribution in [2.24, 2.45) is 0 Å². The lowest BCUT2D eigenvalue weighted by atomic mass is 9.99. The van der Waals surface area contributed by atoms with Gasteiger partial charge in [0.05, 0.1) is 4.90 Å². The molecule has 0 bridgehead atoms. The normalized spacial score (nSPS) is 14.1. The highest BCUT2D eigenvalue weighted by Gasteiger charge is 2.22. The predicted octanol–water partition coefficient (Wildman–Crippen LogP) is 7.57. The third-order valence-corrected chi connectivity index (χ3v) is 13.0. The molecular weight excluding hydrogens is 777 g/mol. The lowest BCUT2D eigenvalue weighted by Gasteiger charge is -2.36. The van der Waals surface area contributed by atoms with E-state index in [4.69, 9.17) is 4.74 Å². The maximum atomic E-state index is 13.4. The van der Waals surface area contributed by atoms with Gasteiger partial charge in [-0.25, -0.2) is 13.1 Å². The van der Waals surface area contributed by atoms with Gasteiger partial charge in [0, 0.05) is 72.9 Å². The van der Waals surface area contributed by atoms with Crippen molar-refractivity contribution in [3.63, 3.8) is 0 Å². The van der Waals surface area contributed by atoms with Gasteiger partial charge in [-0.1, -0.05) is 54.6 Å². The van der Waals surface area contributed by atoms with Gasteiger partial charge in [0.1, 0.15) is 12.4 Å². The smallest absolute Gasteiger partial charge is 0.264 e. The Balaban J connectivity index is 1.00. The summed E-state index contributed by atoms with van der Waals surface area (Å²) in [5.41, 5.74) is 6.64. The molecule has 5 aromatic carbocycles. The second-order valence-corrected chi connectivity index (χ2v) is 18.4. The molecule has 312 valence electrons. The summed E-state index contributed by atoms with van der Waals surface area (Å²) >= 11 is 1.80. The summed E-state index contributed by atoms with van der Waals surface area (Å²) < 4.78 is 35.0. The maximum Gasteiger partial charge on any atom is 0.264 e. The summed E-state index contributed by atoms with van der Waals surface area (Å²) in [6.45, 7) is 8.65. The number of amides is 1. The number of carbonyl (C=O) groups excluding carboxylic acids is 1. The summed E-state index contributed by atoms with van der Waals surface area (Å²) in [5, 5.41) is 3.64. The van der Waals surface area contributed by atoms with Crippen LogP contribution in [0.25, 0.3) is 11.1 Å². The Labute approximate surface area is 355 Å². The summed E-state index contributed by atoms with van der Waals surface area (Å²) in [4.78, 5) is 23.5. The van der Waals surface area contributed by atoms with E-state index >= 15 is 0 Å². The molecule has 1 heterocycles. The van der Waals surface area contributed by atoms with Crippen molar-refractivity contribution in [2.75, 3.05) is 90.0 Å². The van der Waals surface area contributed by atoms with E-state index in [1.807, 2.05) is 63.5 Å². The van der Waals surface area contributed by atoms with Crippen LogP contribution in [0.3, 0.4) is 0 Å². The van der Waals surface area contributed by atoms with E-state index < -0.39 is 15.9 Å². The minimum atomic E-state index is -4.10. The Morgan fingerprint density at radius 3 is 2.15 bits per heavy atom. The first kappa shape index (κ1) is 43.7. The summed E-state index contributed by atoms with van der Waals surface area (Å²) in [6, 6.07) is 39.6. The number of nitrogens with zero attached hydrogens (tertiary/aromatic N) is 4. The lowest BCUT2D eigenvalue weighted by molar-refractivity contribution is 0.0981. The van der Waals surface area contributed by atoms with Crippen LogP contribution in [0.1, 0.15) is 27.9 Å². The second-order valence-electron chi connectivity index (χ2n) is 15.6. The fourth-order valence-corrected chi connectivity index (χ4v) is 9.05. The SMILES string of the molecule is Cc1cc(S(=O)(=O)NC(=O)c2ccc(N3CCN(Cc4ccccc4-c4ccc(OCCN(C)C)cc4)CC3)cc2)ccc1N[C@H](CCN(C)C)CSc1ccccc1. The summed E-state index contributed by atoms with van der Waals surface area (Å²) in [5.74, 6) is 1.08. The zero-order chi connectivity index (χ0) is 41.8. The highest BCUT2D eigenvalue weighted by atomic mass is 32.2. The van der Waals surface area contributed by atoms with Crippen molar-refractivity contribution in [1.82, 2.24) is 19.4 Å². The molecule has 1 amide bonds. The Morgan fingerprint density at radius 1 is 0.797 bits per heavy atom. The zero-order valence-corrected chi connectivity index (χ0v) is 36.6. The molecule has 0 aliphatic carbocycles. The average Bonchev–Trinajstić information content (AvgIpc) is 3.23. The van der Waals surface area contributed by atoms with Crippen molar-refractivity contribution in [1.29, 1.82) is 0 Å². The van der Waals surface area contributed by atoms with E-state index in [1.54, 1.807) is 42.1 Å². The number of thioether (sulfide) groups is 1. The monoisotopic (exact) mass is 834 g/mol. The van der Waals surface area contributed by atoms with Gasteiger partial charge in [0.2, 0.25) is 0 Å². The van der Waals surface area contributed by atoms with Gasteiger partial charge in [0.25, 0.3) is 15.9 Å². The number of piperazine rings is 1. The molecule has 1 aliphatic heterocycles. The molecule has 1 atom stereocenters. The number of benzene rings is 5. The van der Waals surface area contributed by atoms with Crippen LogP contribution >= 0.6 is 11.8 Å². The fourth-order valence-electron chi connectivity index (χ4n) is 7.00. The molecule has 0 unspecified atom stereocenters. The number of sulfonamides is 1. The predicted molar refractivity (Wildman–Crippen MR) is 243 cm³/mol. The number of ether oxygens (including phenoxy) is 1. The number of rotatable bonds is 19. The van der Waals surface area contributed by atoms with Crippen LogP contribution in [0, 0.1) is 6.92 Å². The molecule has 10 nitrogen and oxygen atoms in total. The van der Waals surface area contributed by atoms with Gasteiger partial charge >= 0.3 is 0 Å². The minimum Gasteiger partial charge on any atom is -0.492 e. The number of nitrogens with one attached hydrogen (secondary N) is 2. The van der Waals surface area contributed by atoms with Crippen LogP contribution in [-0.4, -0.2) is 115 Å². The molecule has 1 saturated heterocycles. The van der Waals surface area contributed by atoms with E-state index in [9.17, 15) is 13.2 Å². The largest absolute Gasteiger partial charge is 0.492 e. The van der Waals surface area contributed by atoms with Gasteiger partial charge < -0.3 is 24.8 Å². The summed E-state index contributed by atoms with van der Waals surface area (Å²) in [7, 11) is 4.10. The minimum absolute atomic E-state index is 0.0492. The molecule has 6 rings (SSSR count). The second kappa shape index (κ2) is 20.9.